The summed E-state index contributed by atoms with van der Waals surface area (Å²) in [6, 6.07) is 32.3. The van der Waals surface area contributed by atoms with Crippen molar-refractivity contribution in [1.82, 2.24) is 20.0 Å². The van der Waals surface area contributed by atoms with Gasteiger partial charge in [-0.1, -0.05) is 61.5 Å². The first kappa shape index (κ1) is 37.5. The number of nitrogens with one attached hydrogen (secondary N) is 1. The molecule has 3 fully saturated rings. The molecule has 2 N–H and O–H groups in total. The Balaban J connectivity index is 0.824. The Morgan fingerprint density at radius 2 is 1.57 bits per heavy atom. The minimum absolute atomic E-state index is 0.130. The number of phenolic OH excluding ortho intramolecular Hbond substituents is 1. The summed E-state index contributed by atoms with van der Waals surface area (Å²) in [4.78, 5) is 46.6. The molecule has 0 aliphatic carbocycles. The topological polar surface area (TPSA) is 106 Å². The fourth-order valence-corrected chi connectivity index (χ4v) is 8.87. The maximum atomic E-state index is 13.2. The van der Waals surface area contributed by atoms with Gasteiger partial charge in [0.2, 0.25) is 11.8 Å². The summed E-state index contributed by atoms with van der Waals surface area (Å²) >= 11 is 0. The number of piperidine rings is 1. The van der Waals surface area contributed by atoms with E-state index < -0.39 is 6.04 Å². The van der Waals surface area contributed by atoms with Gasteiger partial charge in [0.05, 0.1) is 6.61 Å². The minimum atomic E-state index is -0.597. The Hall–Kier alpha value is -5.45. The molecule has 3 saturated heterocycles. The van der Waals surface area contributed by atoms with Crippen molar-refractivity contribution in [1.29, 1.82) is 0 Å². The Labute approximate surface area is 329 Å². The van der Waals surface area contributed by atoms with E-state index in [1.54, 1.807) is 17.0 Å². The number of allylic oxidation sites excluding steroid dienone is 1. The highest BCUT2D eigenvalue weighted by molar-refractivity contribution is 6.05. The number of fused-ring (bicyclic) bond motifs is 2. The number of benzene rings is 4. The average molecular weight is 754 g/mol. The number of unbranched alkanes of at least 4 members (excludes halogenated alkanes) is 1. The summed E-state index contributed by atoms with van der Waals surface area (Å²) in [7, 11) is 0. The fourth-order valence-electron chi connectivity index (χ4n) is 8.87. The van der Waals surface area contributed by atoms with Gasteiger partial charge in [-0.15, -0.1) is 0 Å². The number of piperazine rings is 2. The first-order valence-electron chi connectivity index (χ1n) is 20.1. The molecule has 2 unspecified atom stereocenters. The number of carbonyl (C=O) groups is 3. The zero-order valence-electron chi connectivity index (χ0n) is 32.2. The molecule has 0 bridgehead atoms. The van der Waals surface area contributed by atoms with Crippen molar-refractivity contribution in [2.45, 2.75) is 57.7 Å². The van der Waals surface area contributed by atoms with E-state index in [1.807, 2.05) is 30.3 Å². The van der Waals surface area contributed by atoms with Gasteiger partial charge in [0.15, 0.2) is 0 Å². The van der Waals surface area contributed by atoms with Crippen molar-refractivity contribution in [2.75, 3.05) is 57.3 Å². The molecule has 56 heavy (non-hydrogen) atoms. The van der Waals surface area contributed by atoms with E-state index in [4.69, 9.17) is 4.74 Å². The molecule has 0 aromatic heterocycles. The molecule has 10 heteroatoms. The van der Waals surface area contributed by atoms with Crippen molar-refractivity contribution in [3.8, 4) is 11.5 Å². The molecule has 4 heterocycles. The lowest BCUT2D eigenvalue weighted by Crippen LogP contribution is -2.62. The number of ether oxygens (including phenoxy) is 1. The molecule has 3 amide bonds. The van der Waals surface area contributed by atoms with Gasteiger partial charge in [-0.2, -0.15) is 0 Å². The quantitative estimate of drug-likeness (QED) is 0.100. The van der Waals surface area contributed by atoms with Crippen molar-refractivity contribution in [3.63, 3.8) is 0 Å². The van der Waals surface area contributed by atoms with Crippen LogP contribution in [0.25, 0.3) is 11.1 Å². The monoisotopic (exact) mass is 753 g/mol. The van der Waals surface area contributed by atoms with Crippen LogP contribution in [-0.2, 0) is 16.1 Å². The van der Waals surface area contributed by atoms with E-state index in [2.05, 4.69) is 81.5 Å². The summed E-state index contributed by atoms with van der Waals surface area (Å²) in [5.74, 6) is 0.346. The molecule has 0 spiro atoms. The second kappa shape index (κ2) is 16.7. The van der Waals surface area contributed by atoms with Crippen LogP contribution >= 0.6 is 0 Å². The number of nitrogens with zero attached hydrogens (tertiary/aromatic N) is 4. The van der Waals surface area contributed by atoms with Crippen LogP contribution in [0.4, 0.5) is 5.69 Å². The number of phenols is 1. The predicted molar refractivity (Wildman–Crippen MR) is 218 cm³/mol. The van der Waals surface area contributed by atoms with Gasteiger partial charge in [0, 0.05) is 69.5 Å². The normalized spacial score (nSPS) is 20.7. The smallest absolute Gasteiger partial charge is 0.255 e. The van der Waals surface area contributed by atoms with E-state index in [0.717, 1.165) is 98.8 Å². The number of hydrogen-bond donors (Lipinski definition) is 2. The van der Waals surface area contributed by atoms with Crippen LogP contribution in [0.5, 0.6) is 11.5 Å². The van der Waals surface area contributed by atoms with Crippen LogP contribution in [-0.4, -0.2) is 102 Å². The van der Waals surface area contributed by atoms with Crippen LogP contribution < -0.4 is 15.0 Å². The van der Waals surface area contributed by atoms with E-state index in [0.29, 0.717) is 31.2 Å². The molecular formula is C46H51N5O5. The minimum Gasteiger partial charge on any atom is -0.508 e. The summed E-state index contributed by atoms with van der Waals surface area (Å²) in [6.07, 6.45) is 3.55. The second-order valence-electron chi connectivity index (χ2n) is 15.4. The second-order valence-corrected chi connectivity index (χ2v) is 15.4. The van der Waals surface area contributed by atoms with Gasteiger partial charge in [-0.25, -0.2) is 0 Å². The summed E-state index contributed by atoms with van der Waals surface area (Å²) < 4.78 is 6.22. The Kier molecular flexibility index (Phi) is 11.2. The summed E-state index contributed by atoms with van der Waals surface area (Å²) in [6.45, 7) is 10.4. The van der Waals surface area contributed by atoms with E-state index in [1.165, 1.54) is 11.1 Å². The predicted octanol–water partition coefficient (Wildman–Crippen LogP) is 6.19. The van der Waals surface area contributed by atoms with Crippen molar-refractivity contribution >= 4 is 34.6 Å². The number of aromatic hydroxyl groups is 1. The molecule has 4 aliphatic rings. The zero-order chi connectivity index (χ0) is 38.6. The van der Waals surface area contributed by atoms with Crippen LogP contribution in [0.15, 0.2) is 97.1 Å². The molecule has 8 rings (SSSR count). The van der Waals surface area contributed by atoms with Gasteiger partial charge >= 0.3 is 0 Å². The largest absolute Gasteiger partial charge is 0.508 e. The molecule has 0 saturated carbocycles. The van der Waals surface area contributed by atoms with Crippen molar-refractivity contribution in [2.24, 2.45) is 0 Å². The Morgan fingerprint density at radius 3 is 2.32 bits per heavy atom. The SMILES string of the molecule is CC/C(=C(\c1ccc(O)cc1)c1ccc(OCCCCN2CCN3CCN(c4ccc5c(c4)CN(C4CCC(=O)NC4=O)C5=O)CC3C2)cc1)c1ccccc1. The molecule has 2 atom stereocenters. The highest BCUT2D eigenvalue weighted by Gasteiger charge is 2.40. The van der Waals surface area contributed by atoms with Gasteiger partial charge in [0.25, 0.3) is 5.91 Å². The molecular weight excluding hydrogens is 703 g/mol. The van der Waals surface area contributed by atoms with Crippen molar-refractivity contribution in [3.05, 3.63) is 125 Å². The van der Waals surface area contributed by atoms with E-state index in [-0.39, 0.29) is 29.9 Å². The van der Waals surface area contributed by atoms with Gasteiger partial charge < -0.3 is 24.5 Å². The van der Waals surface area contributed by atoms with Crippen LogP contribution in [0.1, 0.15) is 71.6 Å². The van der Waals surface area contributed by atoms with Crippen molar-refractivity contribution < 1.29 is 24.2 Å². The molecule has 10 nitrogen and oxygen atoms in total. The van der Waals surface area contributed by atoms with Crippen LogP contribution in [0, 0.1) is 0 Å². The van der Waals surface area contributed by atoms with Gasteiger partial charge in [-0.05, 0) is 108 Å². The molecule has 4 aromatic carbocycles. The number of imide groups is 1. The number of hydrogen-bond acceptors (Lipinski definition) is 8. The third-order valence-corrected chi connectivity index (χ3v) is 11.9. The lowest BCUT2D eigenvalue weighted by molar-refractivity contribution is -0.136. The standard InChI is InChI=1S/C46H51N5O5/c1-2-40(32-8-4-3-5-9-32)44(33-10-15-38(52)16-11-33)34-12-17-39(18-13-34)56-27-7-6-22-48-23-24-49-25-26-50(31-37(49)30-48)36-14-19-41-35(28-36)29-51(46(41)55)42-20-21-43(53)47-45(42)54/h3-5,8-19,28,37,42,52H,2,6-7,20-27,29-31H2,1H3,(H,47,53,54)/b44-40-. The first-order valence-corrected chi connectivity index (χ1v) is 20.1. The molecule has 0 radical (unpaired) electrons. The van der Waals surface area contributed by atoms with E-state index >= 15 is 0 Å². The average Bonchev–Trinajstić information content (AvgIpc) is 3.55. The van der Waals surface area contributed by atoms with E-state index in [9.17, 15) is 19.5 Å². The first-order chi connectivity index (χ1) is 27.3. The lowest BCUT2D eigenvalue weighted by atomic mass is 9.88. The Bertz CT molecular complexity index is 2080. The number of anilines is 1. The maximum absolute atomic E-state index is 13.2. The Morgan fingerprint density at radius 1 is 0.821 bits per heavy atom. The summed E-state index contributed by atoms with van der Waals surface area (Å²) in [5, 5.41) is 12.4. The third kappa shape index (κ3) is 8.08. The number of carbonyl (C=O) groups excluding carboxylic acids is 3. The lowest BCUT2D eigenvalue weighted by Gasteiger charge is -2.48. The van der Waals surface area contributed by atoms with Crippen LogP contribution in [0.2, 0.25) is 0 Å². The molecule has 4 aliphatic heterocycles. The molecule has 290 valence electrons. The highest BCUT2D eigenvalue weighted by atomic mass is 16.5. The zero-order valence-corrected chi connectivity index (χ0v) is 32.2. The number of amides is 3. The summed E-state index contributed by atoms with van der Waals surface area (Å²) in [5.41, 5.74) is 8.53. The molecule has 4 aromatic rings. The van der Waals surface area contributed by atoms with Gasteiger partial charge in [-0.3, -0.25) is 24.6 Å². The maximum Gasteiger partial charge on any atom is 0.255 e. The third-order valence-electron chi connectivity index (χ3n) is 11.9. The fraction of sp³-hybridized carbons (Fsp3) is 0.370. The highest BCUT2D eigenvalue weighted by Crippen LogP contribution is 2.36. The van der Waals surface area contributed by atoms with Crippen LogP contribution in [0.3, 0.4) is 0 Å². The van der Waals surface area contributed by atoms with Gasteiger partial charge in [0.1, 0.15) is 17.5 Å². The number of rotatable bonds is 12.